The number of anilines is 2. The first-order valence-corrected chi connectivity index (χ1v) is 14.5. The van der Waals surface area contributed by atoms with Gasteiger partial charge in [-0.25, -0.2) is 0 Å². The lowest BCUT2D eigenvalue weighted by Crippen LogP contribution is -2.40. The lowest BCUT2D eigenvalue weighted by Gasteiger charge is -2.32. The Balaban J connectivity index is 1.77. The second kappa shape index (κ2) is 14.1. The zero-order valence-corrected chi connectivity index (χ0v) is 24.5. The summed E-state index contributed by atoms with van der Waals surface area (Å²) in [6, 6.07) is 10.0. The molecule has 41 heavy (non-hydrogen) atoms. The molecule has 4 rings (SSSR count). The van der Waals surface area contributed by atoms with Crippen LogP contribution in [0.5, 0.6) is 17.5 Å². The first-order chi connectivity index (χ1) is 19.9. The summed E-state index contributed by atoms with van der Waals surface area (Å²) in [6.07, 6.45) is 8.07. The molecule has 0 saturated carbocycles. The van der Waals surface area contributed by atoms with Crippen molar-refractivity contribution in [3.8, 4) is 17.5 Å². The Bertz CT molecular complexity index is 1390. The number of ketones is 1. The number of likely N-dealkylation sites (N-methyl/N-ethyl adjacent to an activating group) is 1. The molecule has 2 heterocycles. The summed E-state index contributed by atoms with van der Waals surface area (Å²) < 4.78 is 12.7. The van der Waals surface area contributed by atoms with Crippen LogP contribution in [0, 0.1) is 12.3 Å². The van der Waals surface area contributed by atoms with Crippen LogP contribution in [-0.2, 0) is 4.79 Å². The summed E-state index contributed by atoms with van der Waals surface area (Å²) in [7, 11) is 2.13. The number of nitrogens with one attached hydrogen (secondary N) is 1. The number of piperidine rings is 1. The third-order valence-electron chi connectivity index (χ3n) is 7.63. The highest BCUT2D eigenvalue weighted by atomic mass is 16.5. The van der Waals surface area contributed by atoms with E-state index in [0.717, 1.165) is 42.7 Å². The van der Waals surface area contributed by atoms with E-state index in [-0.39, 0.29) is 5.78 Å². The first kappa shape index (κ1) is 30.0. The molecule has 1 unspecified atom stereocenters. The summed E-state index contributed by atoms with van der Waals surface area (Å²) in [5, 5.41) is 8.75. The molecular weight excluding hydrogens is 516 g/mol. The Morgan fingerprint density at radius 1 is 1.24 bits per heavy atom. The van der Waals surface area contributed by atoms with E-state index in [1.807, 2.05) is 31.2 Å². The fourth-order valence-electron chi connectivity index (χ4n) is 5.26. The van der Waals surface area contributed by atoms with Crippen molar-refractivity contribution < 1.29 is 14.3 Å². The predicted molar refractivity (Wildman–Crippen MR) is 166 cm³/mol. The van der Waals surface area contributed by atoms with Crippen molar-refractivity contribution in [3.63, 3.8) is 0 Å². The topological polar surface area (TPSA) is 118 Å². The fraction of sp³-hybridized carbons (Fsp3) is 0.438. The van der Waals surface area contributed by atoms with Gasteiger partial charge < -0.3 is 30.4 Å². The molecule has 218 valence electrons. The summed E-state index contributed by atoms with van der Waals surface area (Å²) >= 11 is 0. The van der Waals surface area contributed by atoms with Crippen molar-refractivity contribution >= 4 is 34.4 Å². The number of nitrogen functional groups attached to an aromatic ring is 1. The Morgan fingerprint density at radius 2 is 2.07 bits per heavy atom. The molecular formula is C32H42N6O3. The van der Waals surface area contributed by atoms with E-state index in [0.29, 0.717) is 66.3 Å². The molecule has 1 atom stereocenters. The molecule has 1 aromatic heterocycles. The Morgan fingerprint density at radius 3 is 2.80 bits per heavy atom. The van der Waals surface area contributed by atoms with Crippen LogP contribution in [0.1, 0.15) is 56.6 Å². The van der Waals surface area contributed by atoms with Crippen molar-refractivity contribution in [1.29, 1.82) is 5.41 Å². The number of nitrogens with two attached hydrogens (primary N) is 1. The molecule has 0 spiro atoms. The molecule has 1 aliphatic rings. The van der Waals surface area contributed by atoms with E-state index in [9.17, 15) is 4.79 Å². The molecule has 0 aliphatic carbocycles. The van der Waals surface area contributed by atoms with Crippen LogP contribution < -0.4 is 20.1 Å². The fourth-order valence-corrected chi connectivity index (χ4v) is 5.26. The van der Waals surface area contributed by atoms with Gasteiger partial charge in [0.15, 0.2) is 11.5 Å². The molecule has 2 aromatic carbocycles. The lowest BCUT2D eigenvalue weighted by atomic mass is 10.0. The van der Waals surface area contributed by atoms with Crippen molar-refractivity contribution in [2.24, 2.45) is 0 Å². The molecule has 1 saturated heterocycles. The van der Waals surface area contributed by atoms with Crippen molar-refractivity contribution in [2.75, 3.05) is 43.9 Å². The Hall–Kier alpha value is -3.98. The van der Waals surface area contributed by atoms with Crippen LogP contribution in [0.3, 0.4) is 0 Å². The molecule has 3 N–H and O–H groups in total. The van der Waals surface area contributed by atoms with E-state index in [1.54, 1.807) is 6.07 Å². The third kappa shape index (κ3) is 7.21. The van der Waals surface area contributed by atoms with Gasteiger partial charge >= 0.3 is 6.01 Å². The van der Waals surface area contributed by atoms with E-state index in [2.05, 4.69) is 30.4 Å². The lowest BCUT2D eigenvalue weighted by molar-refractivity contribution is -0.114. The van der Waals surface area contributed by atoms with Crippen LogP contribution >= 0.6 is 0 Å². The summed E-state index contributed by atoms with van der Waals surface area (Å²) in [5.41, 5.74) is 8.64. The number of likely N-dealkylation sites (tertiary alicyclic amines) is 1. The number of para-hydroxylation sites is 1. The second-order valence-corrected chi connectivity index (χ2v) is 10.6. The number of fused-ring (bicyclic) bond motifs is 1. The number of hydrogen-bond donors (Lipinski definition) is 2. The molecule has 0 radical (unpaired) electrons. The number of aryl methyl sites for hydroxylation is 1. The summed E-state index contributed by atoms with van der Waals surface area (Å²) in [4.78, 5) is 26.2. The van der Waals surface area contributed by atoms with Gasteiger partial charge in [0.1, 0.15) is 23.7 Å². The molecule has 0 bridgehead atoms. The van der Waals surface area contributed by atoms with Gasteiger partial charge in [0.25, 0.3) is 0 Å². The zero-order chi connectivity index (χ0) is 29.4. The minimum absolute atomic E-state index is 0.0322. The van der Waals surface area contributed by atoms with Crippen LogP contribution in [0.4, 0.5) is 11.5 Å². The van der Waals surface area contributed by atoms with E-state index < -0.39 is 0 Å². The standard InChI is InChI=1S/C32H42N6O3/c1-5-17-38(19-10-12-24(39)6-2)31-25-13-9-14-28(41-30-22(3)15-16-27(34)26(30)20-33)29(25)35-32(36-31)40-21-23-11-7-8-18-37(23)4/h6,9,13-16,20,23,33H,2,5,7-8,10-12,17-19,21,34H2,1,3-4H3. The number of benzene rings is 2. The SMILES string of the molecule is C=CC(=O)CCCN(CCC)c1nc(OCC2CCCCN2C)nc2c(Oc3c(C)ccc(N)c3C=N)cccc12. The van der Waals surface area contributed by atoms with Gasteiger partial charge in [-0.05, 0) is 76.0 Å². The van der Waals surface area contributed by atoms with E-state index >= 15 is 0 Å². The largest absolute Gasteiger partial charge is 0.462 e. The number of nitrogens with zero attached hydrogens (tertiary/aromatic N) is 4. The third-order valence-corrected chi connectivity index (χ3v) is 7.63. The number of carbonyl (C=O) groups is 1. The minimum atomic E-state index is 0.0322. The van der Waals surface area contributed by atoms with Gasteiger partial charge in [0.2, 0.25) is 0 Å². The number of allylic oxidation sites excluding steroid dienone is 1. The second-order valence-electron chi connectivity index (χ2n) is 10.6. The van der Waals surface area contributed by atoms with Crippen LogP contribution in [-0.4, -0.2) is 66.2 Å². The number of ether oxygens (including phenoxy) is 2. The highest BCUT2D eigenvalue weighted by Gasteiger charge is 2.23. The van der Waals surface area contributed by atoms with Crippen LogP contribution in [0.15, 0.2) is 43.0 Å². The molecule has 1 aliphatic heterocycles. The number of rotatable bonds is 14. The van der Waals surface area contributed by atoms with E-state index in [4.69, 9.17) is 30.6 Å². The average molecular weight is 559 g/mol. The number of carbonyl (C=O) groups excluding carboxylic acids is 1. The molecule has 9 nitrogen and oxygen atoms in total. The molecule has 0 amide bonds. The molecule has 3 aromatic rings. The predicted octanol–water partition coefficient (Wildman–Crippen LogP) is 5.93. The molecule has 1 fully saturated rings. The van der Waals surface area contributed by atoms with Gasteiger partial charge in [-0.3, -0.25) is 4.79 Å². The first-order valence-electron chi connectivity index (χ1n) is 14.5. The zero-order valence-electron chi connectivity index (χ0n) is 24.5. The van der Waals surface area contributed by atoms with Crippen molar-refractivity contribution in [1.82, 2.24) is 14.9 Å². The van der Waals surface area contributed by atoms with Gasteiger partial charge in [-0.1, -0.05) is 32.1 Å². The van der Waals surface area contributed by atoms with Crippen LogP contribution in [0.25, 0.3) is 10.9 Å². The summed E-state index contributed by atoms with van der Waals surface area (Å²) in [5.74, 6) is 1.83. The summed E-state index contributed by atoms with van der Waals surface area (Å²) in [6.45, 7) is 10.6. The number of hydrogen-bond acceptors (Lipinski definition) is 9. The van der Waals surface area contributed by atoms with Gasteiger partial charge in [-0.15, -0.1) is 0 Å². The Kier molecular flexibility index (Phi) is 10.3. The normalized spacial score (nSPS) is 15.4. The maximum atomic E-state index is 11.9. The quantitative estimate of drug-likeness (QED) is 0.142. The number of aromatic nitrogens is 2. The van der Waals surface area contributed by atoms with Gasteiger partial charge in [0, 0.05) is 42.8 Å². The maximum Gasteiger partial charge on any atom is 0.319 e. The van der Waals surface area contributed by atoms with Gasteiger partial charge in [0.05, 0.1) is 5.56 Å². The average Bonchev–Trinajstić information content (AvgIpc) is 2.98. The smallest absolute Gasteiger partial charge is 0.319 e. The molecule has 9 heteroatoms. The minimum Gasteiger partial charge on any atom is -0.462 e. The Labute approximate surface area is 242 Å². The monoisotopic (exact) mass is 558 g/mol. The highest BCUT2D eigenvalue weighted by molar-refractivity contribution is 5.95. The van der Waals surface area contributed by atoms with Gasteiger partial charge in [-0.2, -0.15) is 9.97 Å². The van der Waals surface area contributed by atoms with E-state index in [1.165, 1.54) is 25.1 Å². The van der Waals surface area contributed by atoms with Crippen molar-refractivity contribution in [3.05, 3.63) is 54.1 Å². The maximum absolute atomic E-state index is 11.9. The highest BCUT2D eigenvalue weighted by Crippen LogP contribution is 2.37. The van der Waals surface area contributed by atoms with Crippen LogP contribution in [0.2, 0.25) is 0 Å². The van der Waals surface area contributed by atoms with Crippen molar-refractivity contribution in [2.45, 2.75) is 58.4 Å².